The lowest BCUT2D eigenvalue weighted by molar-refractivity contribution is -0.137. The summed E-state index contributed by atoms with van der Waals surface area (Å²) in [4.78, 5) is 27.0. The highest BCUT2D eigenvalue weighted by Gasteiger charge is 2.21. The highest BCUT2D eigenvalue weighted by atomic mass is 32.1. The van der Waals surface area contributed by atoms with Gasteiger partial charge in [0, 0.05) is 5.38 Å². The number of aliphatic carboxylic acids is 1. The molecule has 1 amide bonds. The Balaban J connectivity index is 1.94. The van der Waals surface area contributed by atoms with Crippen LogP contribution in [0.1, 0.15) is 28.7 Å². The Bertz CT molecular complexity index is 642. The summed E-state index contributed by atoms with van der Waals surface area (Å²) in [6.07, 6.45) is -0.912. The number of hydrogen-bond donors (Lipinski definition) is 2. The minimum Gasteiger partial charge on any atom is -0.481 e. The number of carboxylic acid groups (broad SMARTS) is 1. The maximum atomic E-state index is 11.8. The van der Waals surface area contributed by atoms with E-state index in [1.54, 1.807) is 5.38 Å². The van der Waals surface area contributed by atoms with Crippen molar-refractivity contribution >= 4 is 23.4 Å². The van der Waals surface area contributed by atoms with Crippen LogP contribution in [-0.2, 0) is 16.1 Å². The zero-order chi connectivity index (χ0) is 15.9. The minimum absolute atomic E-state index is 0.128. The van der Waals surface area contributed by atoms with E-state index in [1.807, 2.05) is 37.3 Å². The molecule has 0 bridgehead atoms. The molecule has 1 atom stereocenters. The van der Waals surface area contributed by atoms with Gasteiger partial charge >= 0.3 is 12.1 Å². The standard InChI is InChI=1S/C15H16N2O4S/c1-10-16-13(9-22-10)12(7-14(18)19)17-15(20)21-8-11-5-3-2-4-6-11/h2-6,9,12H,7-8H2,1H3,(H,17,20)(H,18,19). The summed E-state index contributed by atoms with van der Waals surface area (Å²) >= 11 is 1.40. The number of benzene rings is 1. The Labute approximate surface area is 131 Å². The van der Waals surface area contributed by atoms with Gasteiger partial charge in [-0.25, -0.2) is 9.78 Å². The first kappa shape index (κ1) is 16.0. The monoisotopic (exact) mass is 320 g/mol. The van der Waals surface area contributed by atoms with Crippen LogP contribution in [0, 0.1) is 6.92 Å². The molecule has 116 valence electrons. The number of carboxylic acids is 1. The van der Waals surface area contributed by atoms with Crippen molar-refractivity contribution in [1.29, 1.82) is 0 Å². The van der Waals surface area contributed by atoms with Gasteiger partial charge in [-0.1, -0.05) is 30.3 Å². The molecule has 2 rings (SSSR count). The van der Waals surface area contributed by atoms with Crippen molar-refractivity contribution in [2.75, 3.05) is 0 Å². The van der Waals surface area contributed by atoms with Crippen LogP contribution in [0.15, 0.2) is 35.7 Å². The fourth-order valence-electron chi connectivity index (χ4n) is 1.85. The van der Waals surface area contributed by atoms with Gasteiger partial charge in [0.05, 0.1) is 23.2 Å². The molecular formula is C15H16N2O4S. The summed E-state index contributed by atoms with van der Waals surface area (Å²) in [6.45, 7) is 1.95. The predicted molar refractivity (Wildman–Crippen MR) is 81.6 cm³/mol. The van der Waals surface area contributed by atoms with Gasteiger partial charge in [-0.2, -0.15) is 0 Å². The molecule has 0 aliphatic heterocycles. The molecule has 0 aliphatic rings. The normalized spacial score (nSPS) is 11.7. The van der Waals surface area contributed by atoms with Crippen molar-refractivity contribution in [3.05, 3.63) is 52.0 Å². The van der Waals surface area contributed by atoms with Crippen LogP contribution >= 0.6 is 11.3 Å². The molecule has 0 saturated carbocycles. The van der Waals surface area contributed by atoms with E-state index in [0.717, 1.165) is 10.6 Å². The van der Waals surface area contributed by atoms with E-state index in [1.165, 1.54) is 11.3 Å². The number of carbonyl (C=O) groups excluding carboxylic acids is 1. The van der Waals surface area contributed by atoms with Crippen molar-refractivity contribution in [2.24, 2.45) is 0 Å². The van der Waals surface area contributed by atoms with Crippen LogP contribution in [0.2, 0.25) is 0 Å². The Morgan fingerprint density at radius 2 is 2.09 bits per heavy atom. The summed E-state index contributed by atoms with van der Waals surface area (Å²) in [5.74, 6) is -1.01. The lowest BCUT2D eigenvalue weighted by Crippen LogP contribution is -2.30. The van der Waals surface area contributed by atoms with E-state index in [9.17, 15) is 9.59 Å². The Kier molecular flexibility index (Phi) is 5.48. The largest absolute Gasteiger partial charge is 0.481 e. The first-order valence-electron chi connectivity index (χ1n) is 6.65. The number of nitrogens with zero attached hydrogens (tertiary/aromatic N) is 1. The van der Waals surface area contributed by atoms with Crippen LogP contribution in [-0.4, -0.2) is 22.2 Å². The van der Waals surface area contributed by atoms with Crippen LogP contribution in [0.25, 0.3) is 0 Å². The maximum absolute atomic E-state index is 11.8. The molecule has 1 aromatic carbocycles. The van der Waals surface area contributed by atoms with Gasteiger partial charge < -0.3 is 15.2 Å². The molecule has 0 radical (unpaired) electrons. The van der Waals surface area contributed by atoms with Crippen LogP contribution in [0.5, 0.6) is 0 Å². The minimum atomic E-state index is -1.01. The molecule has 22 heavy (non-hydrogen) atoms. The van der Waals surface area contributed by atoms with E-state index in [4.69, 9.17) is 9.84 Å². The SMILES string of the molecule is Cc1nc(C(CC(=O)O)NC(=O)OCc2ccccc2)cs1. The Morgan fingerprint density at radius 3 is 2.68 bits per heavy atom. The summed E-state index contributed by atoms with van der Waals surface area (Å²) in [6, 6.07) is 8.55. The Morgan fingerprint density at radius 1 is 1.36 bits per heavy atom. The molecule has 7 heteroatoms. The molecule has 0 aliphatic carbocycles. The third-order valence-electron chi connectivity index (χ3n) is 2.88. The zero-order valence-electron chi connectivity index (χ0n) is 12.0. The lowest BCUT2D eigenvalue weighted by atomic mass is 10.1. The zero-order valence-corrected chi connectivity index (χ0v) is 12.8. The number of hydrogen-bond acceptors (Lipinski definition) is 5. The van der Waals surface area contributed by atoms with Crippen molar-refractivity contribution in [1.82, 2.24) is 10.3 Å². The van der Waals surface area contributed by atoms with E-state index >= 15 is 0 Å². The summed E-state index contributed by atoms with van der Waals surface area (Å²) in [7, 11) is 0. The lowest BCUT2D eigenvalue weighted by Gasteiger charge is -2.15. The van der Waals surface area contributed by atoms with Gasteiger partial charge in [-0.05, 0) is 12.5 Å². The maximum Gasteiger partial charge on any atom is 0.408 e. The van der Waals surface area contributed by atoms with Gasteiger partial charge in [0.1, 0.15) is 6.61 Å². The Hall–Kier alpha value is -2.41. The van der Waals surface area contributed by atoms with Gasteiger partial charge in [0.15, 0.2) is 0 Å². The van der Waals surface area contributed by atoms with Crippen LogP contribution in [0.4, 0.5) is 4.79 Å². The van der Waals surface area contributed by atoms with Crippen LogP contribution < -0.4 is 5.32 Å². The molecule has 1 heterocycles. The second kappa shape index (κ2) is 7.56. The van der Waals surface area contributed by atoms with Crippen molar-refractivity contribution in [2.45, 2.75) is 26.0 Å². The number of rotatable bonds is 6. The number of aryl methyl sites for hydroxylation is 1. The predicted octanol–water partition coefficient (Wildman–Crippen LogP) is 2.89. The van der Waals surface area contributed by atoms with Gasteiger partial charge in [0.25, 0.3) is 0 Å². The molecule has 0 fully saturated rings. The third-order valence-corrected chi connectivity index (χ3v) is 3.67. The van der Waals surface area contributed by atoms with Gasteiger partial charge in [0.2, 0.25) is 0 Å². The topological polar surface area (TPSA) is 88.5 Å². The second-order valence-electron chi connectivity index (χ2n) is 4.65. The fourth-order valence-corrected chi connectivity index (χ4v) is 2.52. The summed E-state index contributed by atoms with van der Waals surface area (Å²) in [5, 5.41) is 14.1. The molecular weight excluding hydrogens is 304 g/mol. The van der Waals surface area contributed by atoms with Crippen LogP contribution in [0.3, 0.4) is 0 Å². The number of carbonyl (C=O) groups is 2. The molecule has 2 aromatic rings. The van der Waals surface area contributed by atoms with Crippen molar-refractivity contribution in [3.8, 4) is 0 Å². The first-order chi connectivity index (χ1) is 10.5. The molecule has 1 aromatic heterocycles. The average molecular weight is 320 g/mol. The molecule has 0 spiro atoms. The van der Waals surface area contributed by atoms with Gasteiger partial charge in [-0.3, -0.25) is 4.79 Å². The molecule has 2 N–H and O–H groups in total. The first-order valence-corrected chi connectivity index (χ1v) is 7.53. The highest BCUT2D eigenvalue weighted by molar-refractivity contribution is 7.09. The van der Waals surface area contributed by atoms with E-state index in [2.05, 4.69) is 10.3 Å². The highest BCUT2D eigenvalue weighted by Crippen LogP contribution is 2.19. The molecule has 6 nitrogen and oxygen atoms in total. The number of ether oxygens (including phenoxy) is 1. The fraction of sp³-hybridized carbons (Fsp3) is 0.267. The smallest absolute Gasteiger partial charge is 0.408 e. The quantitative estimate of drug-likeness (QED) is 0.854. The van der Waals surface area contributed by atoms with E-state index < -0.39 is 18.1 Å². The number of thiazole rings is 1. The summed E-state index contributed by atoms with van der Waals surface area (Å²) in [5.41, 5.74) is 1.39. The number of alkyl carbamates (subject to hydrolysis) is 1. The van der Waals surface area contributed by atoms with E-state index in [0.29, 0.717) is 5.69 Å². The van der Waals surface area contributed by atoms with Crippen molar-refractivity contribution < 1.29 is 19.4 Å². The van der Waals surface area contributed by atoms with E-state index in [-0.39, 0.29) is 13.0 Å². The molecule has 1 unspecified atom stereocenters. The number of nitrogens with one attached hydrogen (secondary N) is 1. The second-order valence-corrected chi connectivity index (χ2v) is 5.71. The summed E-state index contributed by atoms with van der Waals surface area (Å²) < 4.78 is 5.10. The third kappa shape index (κ3) is 4.85. The number of aromatic nitrogens is 1. The van der Waals surface area contributed by atoms with Gasteiger partial charge in [-0.15, -0.1) is 11.3 Å². The molecule has 0 saturated heterocycles. The van der Waals surface area contributed by atoms with Crippen molar-refractivity contribution in [3.63, 3.8) is 0 Å². The average Bonchev–Trinajstić information content (AvgIpc) is 2.92. The number of amides is 1.